The summed E-state index contributed by atoms with van der Waals surface area (Å²) in [6, 6.07) is 8.07. The van der Waals surface area contributed by atoms with E-state index < -0.39 is 0 Å². The Kier molecular flexibility index (Phi) is 3.32. The van der Waals surface area contributed by atoms with Gasteiger partial charge in [-0.1, -0.05) is 0 Å². The fraction of sp³-hybridized carbons (Fsp3) is 0.294. The Morgan fingerprint density at radius 3 is 2.95 bits per heavy atom. The number of aliphatic imine (C=N–C) groups is 1. The van der Waals surface area contributed by atoms with Crippen molar-refractivity contribution in [2.24, 2.45) is 4.99 Å². The number of rotatable bonds is 2. The number of nitrogens with zero attached hydrogens (tertiary/aromatic N) is 2. The molecule has 4 nitrogen and oxygen atoms in total. The van der Waals surface area contributed by atoms with Crippen molar-refractivity contribution in [3.8, 4) is 17.6 Å². The smallest absolute Gasteiger partial charge is 0.231 e. The standard InChI is InChI=1S/C17H14N2O2S/c18-8-13-12-3-1-2-4-16(12)22-17(13)19-9-11-5-6-14-15(7-11)21-10-20-14/h5-7,9H,1-4,10H2. The summed E-state index contributed by atoms with van der Waals surface area (Å²) in [4.78, 5) is 5.89. The van der Waals surface area contributed by atoms with Gasteiger partial charge in [0.15, 0.2) is 11.5 Å². The summed E-state index contributed by atoms with van der Waals surface area (Å²) in [6.07, 6.45) is 6.26. The predicted molar refractivity (Wildman–Crippen MR) is 85.5 cm³/mol. The Balaban J connectivity index is 1.66. The third-order valence-electron chi connectivity index (χ3n) is 3.99. The molecule has 5 heteroatoms. The minimum absolute atomic E-state index is 0.270. The average molecular weight is 310 g/mol. The van der Waals surface area contributed by atoms with Gasteiger partial charge in [0.25, 0.3) is 0 Å². The molecule has 0 N–H and O–H groups in total. The van der Waals surface area contributed by atoms with Crippen LogP contribution in [-0.2, 0) is 12.8 Å². The molecule has 110 valence electrons. The average Bonchev–Trinajstić information content (AvgIpc) is 3.15. The number of aryl methyl sites for hydroxylation is 1. The van der Waals surface area contributed by atoms with E-state index in [1.54, 1.807) is 17.6 Å². The second-order valence-corrected chi connectivity index (χ2v) is 6.46. The fourth-order valence-electron chi connectivity index (χ4n) is 2.88. The van der Waals surface area contributed by atoms with Gasteiger partial charge in [-0.3, -0.25) is 0 Å². The Morgan fingerprint density at radius 2 is 2.05 bits per heavy atom. The van der Waals surface area contributed by atoms with E-state index in [-0.39, 0.29) is 6.79 Å². The molecule has 0 spiro atoms. The molecule has 0 unspecified atom stereocenters. The molecule has 1 aliphatic heterocycles. The van der Waals surface area contributed by atoms with Crippen LogP contribution in [0.5, 0.6) is 11.5 Å². The molecule has 0 fully saturated rings. The van der Waals surface area contributed by atoms with E-state index in [0.717, 1.165) is 40.5 Å². The number of thiophene rings is 1. The number of hydrogen-bond donors (Lipinski definition) is 0. The summed E-state index contributed by atoms with van der Waals surface area (Å²) < 4.78 is 10.7. The molecule has 0 radical (unpaired) electrons. The van der Waals surface area contributed by atoms with E-state index in [9.17, 15) is 5.26 Å². The molecule has 22 heavy (non-hydrogen) atoms. The maximum Gasteiger partial charge on any atom is 0.231 e. The second kappa shape index (κ2) is 5.47. The molecule has 4 rings (SSSR count). The van der Waals surface area contributed by atoms with Crippen LogP contribution in [0.15, 0.2) is 23.2 Å². The SMILES string of the molecule is N#Cc1c(N=Cc2ccc3c(c2)OCO3)sc2c1CCCC2. The maximum absolute atomic E-state index is 9.43. The molecule has 0 bridgehead atoms. The van der Waals surface area contributed by atoms with E-state index in [1.165, 1.54) is 23.3 Å². The normalized spacial score (nSPS) is 15.8. The van der Waals surface area contributed by atoms with Crippen LogP contribution in [0.25, 0.3) is 0 Å². The zero-order chi connectivity index (χ0) is 14.9. The van der Waals surface area contributed by atoms with Gasteiger partial charge in [-0.2, -0.15) is 5.26 Å². The molecule has 0 atom stereocenters. The van der Waals surface area contributed by atoms with Gasteiger partial charge < -0.3 is 9.47 Å². The van der Waals surface area contributed by atoms with Gasteiger partial charge in [-0.15, -0.1) is 11.3 Å². The lowest BCUT2D eigenvalue weighted by Gasteiger charge is -2.09. The predicted octanol–water partition coefficient (Wildman–Crippen LogP) is 3.98. The summed E-state index contributed by atoms with van der Waals surface area (Å²) in [5, 5.41) is 10.3. The highest BCUT2D eigenvalue weighted by Crippen LogP contribution is 2.39. The zero-order valence-corrected chi connectivity index (χ0v) is 12.8. The van der Waals surface area contributed by atoms with E-state index >= 15 is 0 Å². The van der Waals surface area contributed by atoms with Gasteiger partial charge >= 0.3 is 0 Å². The Hall–Kier alpha value is -2.32. The summed E-state index contributed by atoms with van der Waals surface area (Å²) in [5.74, 6) is 1.51. The molecule has 2 aliphatic rings. The summed E-state index contributed by atoms with van der Waals surface area (Å²) in [6.45, 7) is 0.270. The number of fused-ring (bicyclic) bond motifs is 2. The number of nitriles is 1. The quantitative estimate of drug-likeness (QED) is 0.788. The highest BCUT2D eigenvalue weighted by molar-refractivity contribution is 7.16. The summed E-state index contributed by atoms with van der Waals surface area (Å²) >= 11 is 1.65. The van der Waals surface area contributed by atoms with E-state index in [1.807, 2.05) is 18.2 Å². The van der Waals surface area contributed by atoms with E-state index in [2.05, 4.69) is 11.1 Å². The van der Waals surface area contributed by atoms with Crippen molar-refractivity contribution in [3.05, 3.63) is 39.8 Å². The maximum atomic E-state index is 9.43. The van der Waals surface area contributed by atoms with Gasteiger partial charge in [0.2, 0.25) is 6.79 Å². The van der Waals surface area contributed by atoms with Crippen molar-refractivity contribution < 1.29 is 9.47 Å². The van der Waals surface area contributed by atoms with Gasteiger partial charge in [0, 0.05) is 11.1 Å². The molecular formula is C17H14N2O2S. The molecule has 2 heterocycles. The van der Waals surface area contributed by atoms with Crippen molar-refractivity contribution in [2.45, 2.75) is 25.7 Å². The zero-order valence-electron chi connectivity index (χ0n) is 12.0. The van der Waals surface area contributed by atoms with Crippen LogP contribution in [0, 0.1) is 11.3 Å². The van der Waals surface area contributed by atoms with Crippen LogP contribution >= 0.6 is 11.3 Å². The lowest BCUT2D eigenvalue weighted by molar-refractivity contribution is 0.174. The number of benzene rings is 1. The first-order valence-electron chi connectivity index (χ1n) is 7.33. The van der Waals surface area contributed by atoms with Crippen LogP contribution in [-0.4, -0.2) is 13.0 Å². The second-order valence-electron chi connectivity index (χ2n) is 5.37. The highest BCUT2D eigenvalue weighted by Gasteiger charge is 2.20. The lowest BCUT2D eigenvalue weighted by atomic mass is 9.96. The lowest BCUT2D eigenvalue weighted by Crippen LogP contribution is -1.99. The van der Waals surface area contributed by atoms with Crippen LogP contribution in [0.4, 0.5) is 5.00 Å². The Labute approximate surface area is 132 Å². The van der Waals surface area contributed by atoms with E-state index in [4.69, 9.17) is 9.47 Å². The summed E-state index contributed by atoms with van der Waals surface area (Å²) in [7, 11) is 0. The summed E-state index contributed by atoms with van der Waals surface area (Å²) in [5.41, 5.74) is 2.92. The van der Waals surface area contributed by atoms with Gasteiger partial charge in [0.05, 0.1) is 5.56 Å². The molecule has 2 aromatic rings. The molecule has 0 saturated carbocycles. The van der Waals surface area contributed by atoms with Crippen LogP contribution in [0.3, 0.4) is 0 Å². The number of ether oxygens (including phenoxy) is 2. The fourth-order valence-corrected chi connectivity index (χ4v) is 4.07. The third kappa shape index (κ3) is 2.26. The van der Waals surface area contributed by atoms with Crippen LogP contribution < -0.4 is 9.47 Å². The monoisotopic (exact) mass is 310 g/mol. The van der Waals surface area contributed by atoms with Crippen LogP contribution in [0.1, 0.15) is 34.4 Å². The van der Waals surface area contributed by atoms with Crippen molar-refractivity contribution >= 4 is 22.6 Å². The van der Waals surface area contributed by atoms with Gasteiger partial charge in [-0.05, 0) is 55.0 Å². The van der Waals surface area contributed by atoms with Gasteiger partial charge in [-0.25, -0.2) is 4.99 Å². The minimum Gasteiger partial charge on any atom is -0.454 e. The number of hydrogen-bond acceptors (Lipinski definition) is 5. The first kappa shape index (κ1) is 13.4. The first-order chi connectivity index (χ1) is 10.8. The van der Waals surface area contributed by atoms with Crippen molar-refractivity contribution in [3.63, 3.8) is 0 Å². The molecule has 0 amide bonds. The molecular weight excluding hydrogens is 296 g/mol. The first-order valence-corrected chi connectivity index (χ1v) is 8.15. The van der Waals surface area contributed by atoms with E-state index in [0.29, 0.717) is 0 Å². The third-order valence-corrected chi connectivity index (χ3v) is 5.19. The highest BCUT2D eigenvalue weighted by atomic mass is 32.1. The largest absolute Gasteiger partial charge is 0.454 e. The van der Waals surface area contributed by atoms with Crippen molar-refractivity contribution in [1.29, 1.82) is 5.26 Å². The van der Waals surface area contributed by atoms with Gasteiger partial charge in [0.1, 0.15) is 11.1 Å². The molecule has 1 aliphatic carbocycles. The van der Waals surface area contributed by atoms with Crippen molar-refractivity contribution in [2.75, 3.05) is 6.79 Å². The molecule has 1 aromatic heterocycles. The molecule has 1 aromatic carbocycles. The van der Waals surface area contributed by atoms with Crippen LogP contribution in [0.2, 0.25) is 0 Å². The topological polar surface area (TPSA) is 54.6 Å². The Bertz CT molecular complexity index is 802. The van der Waals surface area contributed by atoms with Crippen molar-refractivity contribution in [1.82, 2.24) is 0 Å². The molecule has 0 saturated heterocycles. The Morgan fingerprint density at radius 1 is 1.18 bits per heavy atom. The minimum atomic E-state index is 0.270.